The van der Waals surface area contributed by atoms with Gasteiger partial charge < -0.3 is 9.84 Å². The summed E-state index contributed by atoms with van der Waals surface area (Å²) >= 11 is 0. The Bertz CT molecular complexity index is 1160. The lowest BCUT2D eigenvalue weighted by molar-refractivity contribution is -0.116. The first-order valence-corrected chi connectivity index (χ1v) is 13.0. The van der Waals surface area contributed by atoms with E-state index in [9.17, 15) is 4.79 Å². The molecule has 3 aromatic rings. The summed E-state index contributed by atoms with van der Waals surface area (Å²) < 4.78 is 6.04. The van der Waals surface area contributed by atoms with E-state index < -0.39 is 0 Å². The van der Waals surface area contributed by atoms with Crippen LogP contribution in [0.1, 0.15) is 104 Å². The molecule has 0 spiro atoms. The monoisotopic (exact) mass is 476 g/mol. The van der Waals surface area contributed by atoms with Gasteiger partial charge in [0.2, 0.25) is 5.91 Å². The van der Waals surface area contributed by atoms with Gasteiger partial charge >= 0.3 is 0 Å². The van der Waals surface area contributed by atoms with Crippen molar-refractivity contribution >= 4 is 11.6 Å². The molecular weight excluding hydrogens is 440 g/mol. The molecule has 186 valence electrons. The van der Waals surface area contributed by atoms with Crippen molar-refractivity contribution in [1.82, 2.24) is 25.8 Å². The summed E-state index contributed by atoms with van der Waals surface area (Å²) in [6.45, 7) is 8.65. The maximum Gasteiger partial charge on any atom is 0.225 e. The summed E-state index contributed by atoms with van der Waals surface area (Å²) in [6.07, 6.45) is 6.76. The standard InChI is InChI=1S/C27H36N6O2/c1-15(2)9-18-11-21(12-18)27-25(19-6-7-19)26(31-35-27)20(13-23-29-32-33-30-23)14-24(34)28-22-8-5-16(3)10-17(22)4/h5,8,10,15,18-21H,6-7,9,11-14H2,1-4H3,(H,28,34)(H,29,30,32,33)/t18-,20-,21+/m0/s1. The molecule has 1 atom stereocenters. The number of hydrogen-bond acceptors (Lipinski definition) is 6. The number of rotatable bonds is 10. The van der Waals surface area contributed by atoms with Gasteiger partial charge in [0, 0.05) is 35.9 Å². The predicted octanol–water partition coefficient (Wildman–Crippen LogP) is 5.58. The number of carbonyl (C=O) groups excluding carboxylic acids is 1. The largest absolute Gasteiger partial charge is 0.361 e. The van der Waals surface area contributed by atoms with Crippen LogP contribution >= 0.6 is 0 Å². The number of anilines is 1. The molecule has 0 bridgehead atoms. The van der Waals surface area contributed by atoms with Crippen LogP contribution in [0.15, 0.2) is 22.7 Å². The highest BCUT2D eigenvalue weighted by atomic mass is 16.5. The van der Waals surface area contributed by atoms with Crippen molar-refractivity contribution in [1.29, 1.82) is 0 Å². The minimum Gasteiger partial charge on any atom is -0.361 e. The molecule has 2 aromatic heterocycles. The topological polar surface area (TPSA) is 110 Å². The average Bonchev–Trinajstić information content (AvgIpc) is 3.30. The quantitative estimate of drug-likeness (QED) is 0.395. The van der Waals surface area contributed by atoms with E-state index in [-0.39, 0.29) is 11.8 Å². The molecule has 2 aliphatic rings. The van der Waals surface area contributed by atoms with Crippen LogP contribution < -0.4 is 5.32 Å². The fraction of sp³-hybridized carbons (Fsp3) is 0.593. The Morgan fingerprint density at radius 2 is 2.00 bits per heavy atom. The van der Waals surface area contributed by atoms with E-state index in [0.717, 1.165) is 47.4 Å². The van der Waals surface area contributed by atoms with E-state index in [1.165, 1.54) is 30.4 Å². The Kier molecular flexibility index (Phi) is 6.71. The third-order valence-corrected chi connectivity index (χ3v) is 7.48. The molecule has 5 rings (SSSR count). The second-order valence-electron chi connectivity index (χ2n) is 11.1. The number of aromatic amines is 1. The van der Waals surface area contributed by atoms with Crippen LogP contribution in [0, 0.1) is 25.7 Å². The van der Waals surface area contributed by atoms with Gasteiger partial charge in [-0.3, -0.25) is 4.79 Å². The highest BCUT2D eigenvalue weighted by Crippen LogP contribution is 2.52. The maximum atomic E-state index is 13.2. The predicted molar refractivity (Wildman–Crippen MR) is 133 cm³/mol. The lowest BCUT2D eigenvalue weighted by atomic mass is 9.69. The normalized spacial score (nSPS) is 20.6. The van der Waals surface area contributed by atoms with Crippen LogP contribution in [0.2, 0.25) is 0 Å². The van der Waals surface area contributed by atoms with Crippen molar-refractivity contribution in [3.05, 3.63) is 52.2 Å². The number of benzene rings is 1. The number of tetrazole rings is 1. The molecule has 35 heavy (non-hydrogen) atoms. The first-order valence-electron chi connectivity index (χ1n) is 13.0. The highest BCUT2D eigenvalue weighted by Gasteiger charge is 2.41. The number of hydrogen-bond donors (Lipinski definition) is 2. The van der Waals surface area contributed by atoms with Gasteiger partial charge in [-0.2, -0.15) is 0 Å². The number of H-pyrrole nitrogens is 1. The van der Waals surface area contributed by atoms with Crippen molar-refractivity contribution in [2.75, 3.05) is 5.32 Å². The van der Waals surface area contributed by atoms with Gasteiger partial charge in [-0.05, 0) is 85.8 Å². The Balaban J connectivity index is 1.37. The number of nitrogens with one attached hydrogen (secondary N) is 2. The minimum absolute atomic E-state index is 0.0404. The van der Waals surface area contributed by atoms with Gasteiger partial charge in [0.05, 0.1) is 5.69 Å². The zero-order chi connectivity index (χ0) is 24.5. The van der Waals surface area contributed by atoms with Crippen LogP contribution in [0.25, 0.3) is 0 Å². The van der Waals surface area contributed by atoms with Crippen molar-refractivity contribution in [2.45, 2.75) is 90.4 Å². The lowest BCUT2D eigenvalue weighted by Crippen LogP contribution is -2.24. The minimum atomic E-state index is -0.157. The Hall–Kier alpha value is -3.03. The number of amides is 1. The number of carbonyl (C=O) groups is 1. The fourth-order valence-electron chi connectivity index (χ4n) is 5.65. The number of nitrogens with zero attached hydrogens (tertiary/aromatic N) is 4. The van der Waals surface area contributed by atoms with Gasteiger partial charge in [0.1, 0.15) is 11.6 Å². The molecule has 2 fully saturated rings. The first kappa shape index (κ1) is 23.7. The molecule has 0 aliphatic heterocycles. The van der Waals surface area contributed by atoms with Crippen LogP contribution in [0.5, 0.6) is 0 Å². The van der Waals surface area contributed by atoms with Crippen LogP contribution in [0.4, 0.5) is 5.69 Å². The zero-order valence-electron chi connectivity index (χ0n) is 21.2. The van der Waals surface area contributed by atoms with E-state index in [2.05, 4.69) is 57.9 Å². The van der Waals surface area contributed by atoms with E-state index >= 15 is 0 Å². The number of aromatic nitrogens is 5. The maximum absolute atomic E-state index is 13.2. The Morgan fingerprint density at radius 3 is 2.66 bits per heavy atom. The molecule has 0 saturated heterocycles. The van der Waals surface area contributed by atoms with Crippen molar-refractivity contribution in [2.24, 2.45) is 11.8 Å². The van der Waals surface area contributed by atoms with Gasteiger partial charge in [-0.1, -0.05) is 36.7 Å². The molecular formula is C27H36N6O2. The summed E-state index contributed by atoms with van der Waals surface area (Å²) in [4.78, 5) is 13.2. The third-order valence-electron chi connectivity index (χ3n) is 7.48. The lowest BCUT2D eigenvalue weighted by Gasteiger charge is -2.35. The third kappa shape index (κ3) is 5.46. The summed E-state index contributed by atoms with van der Waals surface area (Å²) in [5.41, 5.74) is 5.25. The summed E-state index contributed by atoms with van der Waals surface area (Å²) in [5.74, 6) is 3.97. The molecule has 2 aliphatic carbocycles. The second-order valence-corrected chi connectivity index (χ2v) is 11.1. The second kappa shape index (κ2) is 9.91. The van der Waals surface area contributed by atoms with Crippen LogP contribution in [0.3, 0.4) is 0 Å². The van der Waals surface area contributed by atoms with Crippen molar-refractivity contribution in [3.63, 3.8) is 0 Å². The average molecular weight is 477 g/mol. The van der Waals surface area contributed by atoms with E-state index in [1.54, 1.807) is 0 Å². The molecule has 0 unspecified atom stereocenters. The van der Waals surface area contributed by atoms with Gasteiger partial charge in [-0.25, -0.2) is 5.10 Å². The smallest absolute Gasteiger partial charge is 0.225 e. The SMILES string of the molecule is Cc1ccc(NC(=O)C[C@H](Cc2nnn[nH]2)c2noc([C@H]3C[C@@H](CC(C)C)C3)c2C2CC2)c(C)c1. The molecule has 2 heterocycles. The molecule has 8 nitrogen and oxygen atoms in total. The molecule has 0 radical (unpaired) electrons. The van der Waals surface area contributed by atoms with Gasteiger partial charge in [0.15, 0.2) is 0 Å². The van der Waals surface area contributed by atoms with Crippen LogP contribution in [-0.4, -0.2) is 31.7 Å². The first-order chi connectivity index (χ1) is 16.9. The molecule has 1 aromatic carbocycles. The zero-order valence-corrected chi connectivity index (χ0v) is 21.2. The van der Waals surface area contributed by atoms with Crippen molar-refractivity contribution < 1.29 is 9.32 Å². The van der Waals surface area contributed by atoms with Gasteiger partial charge in [-0.15, -0.1) is 5.10 Å². The van der Waals surface area contributed by atoms with E-state index in [0.29, 0.717) is 30.5 Å². The molecule has 8 heteroatoms. The fourth-order valence-corrected chi connectivity index (χ4v) is 5.65. The van der Waals surface area contributed by atoms with E-state index in [1.807, 2.05) is 19.1 Å². The Labute approximate surface area is 206 Å². The Morgan fingerprint density at radius 1 is 1.20 bits per heavy atom. The molecule has 2 N–H and O–H groups in total. The van der Waals surface area contributed by atoms with Crippen LogP contribution in [-0.2, 0) is 11.2 Å². The summed E-state index contributed by atoms with van der Waals surface area (Å²) in [6, 6.07) is 6.06. The molecule has 1 amide bonds. The number of aryl methyl sites for hydroxylation is 2. The van der Waals surface area contributed by atoms with Gasteiger partial charge in [0.25, 0.3) is 0 Å². The molecule has 2 saturated carbocycles. The summed E-state index contributed by atoms with van der Waals surface area (Å²) in [7, 11) is 0. The van der Waals surface area contributed by atoms with E-state index in [4.69, 9.17) is 4.52 Å². The van der Waals surface area contributed by atoms with Crippen molar-refractivity contribution in [3.8, 4) is 0 Å². The summed E-state index contributed by atoms with van der Waals surface area (Å²) in [5, 5.41) is 22.1. The highest BCUT2D eigenvalue weighted by molar-refractivity contribution is 5.92.